The number of hydrogen-bond donors (Lipinski definition) is 1. The van der Waals surface area contributed by atoms with Crippen LogP contribution in [0.3, 0.4) is 0 Å². The van der Waals surface area contributed by atoms with Crippen molar-refractivity contribution in [3.8, 4) is 5.75 Å². The van der Waals surface area contributed by atoms with Crippen LogP contribution in [-0.4, -0.2) is 44.1 Å². The molecule has 0 bridgehead atoms. The first kappa shape index (κ1) is 21.7. The molecule has 2 rings (SSSR count). The van der Waals surface area contributed by atoms with Crippen molar-refractivity contribution in [3.05, 3.63) is 57.6 Å². The highest BCUT2D eigenvalue weighted by Gasteiger charge is 2.23. The number of esters is 1. The molecule has 0 saturated carbocycles. The van der Waals surface area contributed by atoms with E-state index < -0.39 is 22.9 Å². The molecule has 0 aliphatic carbocycles. The van der Waals surface area contributed by atoms with E-state index in [0.29, 0.717) is 17.1 Å². The van der Waals surface area contributed by atoms with Gasteiger partial charge in [0.2, 0.25) is 0 Å². The van der Waals surface area contributed by atoms with Crippen LogP contribution in [-0.2, 0) is 9.53 Å². The average Bonchev–Trinajstić information content (AvgIpc) is 2.67. The number of methoxy groups -OCH3 is 1. The lowest BCUT2D eigenvalue weighted by Crippen LogP contribution is -2.30. The maximum atomic E-state index is 12.4. The van der Waals surface area contributed by atoms with Gasteiger partial charge in [0, 0.05) is 20.2 Å². The van der Waals surface area contributed by atoms with Crippen LogP contribution in [0.2, 0.25) is 0 Å². The quantitative estimate of drug-likeness (QED) is 0.431. The zero-order valence-electron chi connectivity index (χ0n) is 16.9. The molecule has 154 valence electrons. The molecule has 0 radical (unpaired) electrons. The number of nitrogens with zero attached hydrogens (tertiary/aromatic N) is 2. The third kappa shape index (κ3) is 5.22. The molecule has 9 nitrogen and oxygen atoms in total. The van der Waals surface area contributed by atoms with E-state index in [1.54, 1.807) is 31.1 Å². The van der Waals surface area contributed by atoms with Gasteiger partial charge in [0.25, 0.3) is 11.6 Å². The van der Waals surface area contributed by atoms with Crippen molar-refractivity contribution in [2.75, 3.05) is 31.4 Å². The summed E-state index contributed by atoms with van der Waals surface area (Å²) in [4.78, 5) is 37.1. The standard InChI is InChI=1S/C20H23N3O6/c1-12-6-9-18(28-5)15(10-12)21-19(24)13(2)29-20(25)14-7-8-16(22(3)4)17(11-14)23(26)27/h6-11,13H,1-5H3,(H,21,24)/t13-/m1/s1. The molecular formula is C20H23N3O6. The smallest absolute Gasteiger partial charge is 0.339 e. The number of hydrogen-bond acceptors (Lipinski definition) is 7. The third-order valence-corrected chi connectivity index (χ3v) is 4.16. The summed E-state index contributed by atoms with van der Waals surface area (Å²) in [5.74, 6) is -0.920. The topological polar surface area (TPSA) is 111 Å². The van der Waals surface area contributed by atoms with E-state index >= 15 is 0 Å². The normalized spacial score (nSPS) is 11.3. The fourth-order valence-electron chi connectivity index (χ4n) is 2.61. The van der Waals surface area contributed by atoms with Crippen molar-refractivity contribution in [3.63, 3.8) is 0 Å². The molecule has 1 N–H and O–H groups in total. The zero-order chi connectivity index (χ0) is 21.7. The molecule has 29 heavy (non-hydrogen) atoms. The van der Waals surface area contributed by atoms with Crippen molar-refractivity contribution in [2.45, 2.75) is 20.0 Å². The lowest BCUT2D eigenvalue weighted by atomic mass is 10.1. The van der Waals surface area contributed by atoms with E-state index in [4.69, 9.17) is 9.47 Å². The first-order valence-electron chi connectivity index (χ1n) is 8.76. The van der Waals surface area contributed by atoms with Crippen LogP contribution < -0.4 is 15.0 Å². The van der Waals surface area contributed by atoms with Crippen molar-refractivity contribution < 1.29 is 24.0 Å². The summed E-state index contributed by atoms with van der Waals surface area (Å²) in [6.07, 6.45) is -1.12. The van der Waals surface area contributed by atoms with Gasteiger partial charge in [0.1, 0.15) is 11.4 Å². The highest BCUT2D eigenvalue weighted by molar-refractivity contribution is 5.98. The number of nitrogens with one attached hydrogen (secondary N) is 1. The maximum Gasteiger partial charge on any atom is 0.339 e. The number of nitro benzene ring substituents is 1. The molecule has 0 spiro atoms. The van der Waals surface area contributed by atoms with Crippen LogP contribution in [0.4, 0.5) is 17.1 Å². The van der Waals surface area contributed by atoms with Gasteiger partial charge < -0.3 is 19.7 Å². The number of benzene rings is 2. The maximum absolute atomic E-state index is 12.4. The number of nitro groups is 1. The predicted octanol–water partition coefficient (Wildman–Crippen LogP) is 3.16. The second-order valence-electron chi connectivity index (χ2n) is 6.60. The Hall–Kier alpha value is -3.62. The lowest BCUT2D eigenvalue weighted by Gasteiger charge is -2.16. The summed E-state index contributed by atoms with van der Waals surface area (Å²) < 4.78 is 10.4. The molecule has 2 aromatic carbocycles. The molecule has 1 amide bonds. The van der Waals surface area contributed by atoms with Crippen LogP contribution in [0.15, 0.2) is 36.4 Å². The summed E-state index contributed by atoms with van der Waals surface area (Å²) in [5, 5.41) is 13.9. The van der Waals surface area contributed by atoms with E-state index in [9.17, 15) is 19.7 Å². The molecular weight excluding hydrogens is 378 g/mol. The number of anilines is 2. The molecule has 0 aromatic heterocycles. The van der Waals surface area contributed by atoms with Crippen LogP contribution in [0.5, 0.6) is 5.75 Å². The Kier molecular flexibility index (Phi) is 6.76. The minimum absolute atomic E-state index is 0.0184. The first-order chi connectivity index (χ1) is 13.6. The van der Waals surface area contributed by atoms with Crippen LogP contribution >= 0.6 is 0 Å². The Morgan fingerprint density at radius 3 is 2.45 bits per heavy atom. The average molecular weight is 401 g/mol. The van der Waals surface area contributed by atoms with E-state index in [0.717, 1.165) is 11.6 Å². The number of carbonyl (C=O) groups excluding carboxylic acids is 2. The SMILES string of the molecule is COc1ccc(C)cc1NC(=O)[C@@H](C)OC(=O)c1ccc(N(C)C)c([N+](=O)[O-])c1. The van der Waals surface area contributed by atoms with Gasteiger partial charge in [-0.25, -0.2) is 4.79 Å². The van der Waals surface area contributed by atoms with Gasteiger partial charge in [0.15, 0.2) is 6.10 Å². The predicted molar refractivity (Wildman–Crippen MR) is 109 cm³/mol. The fourth-order valence-corrected chi connectivity index (χ4v) is 2.61. The molecule has 0 unspecified atom stereocenters. The van der Waals surface area contributed by atoms with Gasteiger partial charge in [-0.15, -0.1) is 0 Å². The van der Waals surface area contributed by atoms with Gasteiger partial charge >= 0.3 is 5.97 Å². The molecule has 9 heteroatoms. The Labute approximate surface area is 168 Å². The van der Waals surface area contributed by atoms with Gasteiger partial charge in [-0.1, -0.05) is 6.07 Å². The molecule has 1 atom stereocenters. The minimum Gasteiger partial charge on any atom is -0.495 e. The van der Waals surface area contributed by atoms with Gasteiger partial charge in [-0.05, 0) is 43.7 Å². The van der Waals surface area contributed by atoms with E-state index in [2.05, 4.69) is 5.32 Å². The molecule has 2 aromatic rings. The Morgan fingerprint density at radius 2 is 1.86 bits per heavy atom. The second kappa shape index (κ2) is 9.05. The molecule has 0 aliphatic rings. The molecule has 0 saturated heterocycles. The summed E-state index contributed by atoms with van der Waals surface area (Å²) in [6, 6.07) is 9.28. The van der Waals surface area contributed by atoms with Crippen LogP contribution in [0, 0.1) is 17.0 Å². The lowest BCUT2D eigenvalue weighted by molar-refractivity contribution is -0.384. The first-order valence-corrected chi connectivity index (χ1v) is 8.76. The Morgan fingerprint density at radius 1 is 1.17 bits per heavy atom. The van der Waals surface area contributed by atoms with Crippen LogP contribution in [0.1, 0.15) is 22.8 Å². The Bertz CT molecular complexity index is 942. The van der Waals surface area contributed by atoms with Crippen molar-refractivity contribution in [1.29, 1.82) is 0 Å². The third-order valence-electron chi connectivity index (χ3n) is 4.16. The molecule has 0 fully saturated rings. The molecule has 0 aliphatic heterocycles. The van der Waals surface area contributed by atoms with Gasteiger partial charge in [-0.3, -0.25) is 14.9 Å². The number of aryl methyl sites for hydroxylation is 1. The fraction of sp³-hybridized carbons (Fsp3) is 0.300. The van der Waals surface area contributed by atoms with Crippen LogP contribution in [0.25, 0.3) is 0 Å². The van der Waals surface area contributed by atoms with E-state index in [1.807, 2.05) is 13.0 Å². The van der Waals surface area contributed by atoms with Crippen molar-refractivity contribution in [1.82, 2.24) is 0 Å². The van der Waals surface area contributed by atoms with Gasteiger partial charge in [0.05, 0.1) is 23.3 Å². The summed E-state index contributed by atoms with van der Waals surface area (Å²) in [6.45, 7) is 3.28. The largest absolute Gasteiger partial charge is 0.495 e. The second-order valence-corrected chi connectivity index (χ2v) is 6.60. The van der Waals surface area contributed by atoms with E-state index in [1.165, 1.54) is 26.2 Å². The highest BCUT2D eigenvalue weighted by atomic mass is 16.6. The van der Waals surface area contributed by atoms with Gasteiger partial charge in [-0.2, -0.15) is 0 Å². The Balaban J connectivity index is 2.14. The molecule has 0 heterocycles. The van der Waals surface area contributed by atoms with Crippen molar-refractivity contribution >= 4 is 28.9 Å². The minimum atomic E-state index is -1.12. The summed E-state index contributed by atoms with van der Waals surface area (Å²) in [5.41, 5.74) is 1.47. The summed E-state index contributed by atoms with van der Waals surface area (Å²) >= 11 is 0. The number of ether oxygens (including phenoxy) is 2. The number of rotatable bonds is 7. The zero-order valence-corrected chi connectivity index (χ0v) is 16.9. The highest BCUT2D eigenvalue weighted by Crippen LogP contribution is 2.28. The number of carbonyl (C=O) groups is 2. The monoisotopic (exact) mass is 401 g/mol. The summed E-state index contributed by atoms with van der Waals surface area (Å²) in [7, 11) is 4.80. The van der Waals surface area contributed by atoms with Crippen molar-refractivity contribution in [2.24, 2.45) is 0 Å². The van der Waals surface area contributed by atoms with E-state index in [-0.39, 0.29) is 11.3 Å². The number of amides is 1.